The maximum atomic E-state index is 17.5. The number of aromatic hydroxyl groups is 1. The van der Waals surface area contributed by atoms with Gasteiger partial charge in [0.25, 0.3) is 0 Å². The van der Waals surface area contributed by atoms with Gasteiger partial charge in [-0.25, -0.2) is 8.78 Å². The van der Waals surface area contributed by atoms with Crippen molar-refractivity contribution >= 4 is 35.6 Å². The number of piperazine rings is 1. The normalized spacial score (nSPS) is 24.2. The van der Waals surface area contributed by atoms with Crippen LogP contribution < -0.4 is 15.0 Å². The van der Waals surface area contributed by atoms with Crippen LogP contribution in [-0.4, -0.2) is 91.7 Å². The van der Waals surface area contributed by atoms with Crippen LogP contribution >= 0.6 is 0 Å². The van der Waals surface area contributed by atoms with E-state index in [1.54, 1.807) is 6.07 Å². The fraction of sp³-hybridized carbons (Fsp3) is 0.556. The minimum atomic E-state index is -2.14. The molecule has 9 rings (SSSR count). The van der Waals surface area contributed by atoms with Crippen LogP contribution in [0.1, 0.15) is 79.2 Å². The van der Waals surface area contributed by atoms with Gasteiger partial charge >= 0.3 is 6.01 Å². The van der Waals surface area contributed by atoms with Gasteiger partial charge in [0.1, 0.15) is 31.0 Å². The molecule has 5 fully saturated rings. The molecule has 1 aliphatic carbocycles. The van der Waals surface area contributed by atoms with E-state index in [4.69, 9.17) is 19.4 Å². The number of phenols is 1. The Morgan fingerprint density at radius 3 is 2.38 bits per heavy atom. The van der Waals surface area contributed by atoms with Gasteiger partial charge < -0.3 is 24.8 Å². The van der Waals surface area contributed by atoms with Crippen LogP contribution in [0.15, 0.2) is 36.4 Å². The smallest absolute Gasteiger partial charge is 0.319 e. The quantitative estimate of drug-likeness (QED) is 0.123. The number of nitrogens with zero attached hydrogens (tertiary/aromatic N) is 4. The predicted molar refractivity (Wildman–Crippen MR) is 221 cm³/mol. The van der Waals surface area contributed by atoms with Crippen LogP contribution in [0, 0.1) is 28.5 Å². The molecule has 1 aromatic heterocycles. The van der Waals surface area contributed by atoms with E-state index >= 15 is 8.78 Å². The molecule has 4 bridgehead atoms. The van der Waals surface area contributed by atoms with Crippen molar-refractivity contribution in [1.29, 1.82) is 0 Å². The molecule has 4 saturated heterocycles. The van der Waals surface area contributed by atoms with E-state index in [-0.39, 0.29) is 45.9 Å². The monoisotopic (exact) mass is 779 g/mol. The average Bonchev–Trinajstić information content (AvgIpc) is 3.40. The minimum Gasteiger partial charge on any atom is -0.508 e. The van der Waals surface area contributed by atoms with Gasteiger partial charge in [0.05, 0.1) is 24.9 Å². The van der Waals surface area contributed by atoms with Crippen LogP contribution in [0.25, 0.3) is 32.8 Å². The van der Waals surface area contributed by atoms with E-state index in [2.05, 4.69) is 68.1 Å². The van der Waals surface area contributed by atoms with Gasteiger partial charge in [0.15, 0.2) is 5.82 Å². The third-order valence-corrected chi connectivity index (χ3v) is 20.2. The molecule has 2 N–H and O–H groups in total. The fourth-order valence-corrected chi connectivity index (χ4v) is 16.1. The summed E-state index contributed by atoms with van der Waals surface area (Å²) in [5.41, 5.74) is 5.75. The lowest BCUT2D eigenvalue weighted by atomic mass is 9.93. The van der Waals surface area contributed by atoms with E-state index in [0.717, 1.165) is 51.8 Å². The van der Waals surface area contributed by atoms with Crippen molar-refractivity contribution in [2.45, 2.75) is 114 Å². The number of morpholine rings is 1. The zero-order chi connectivity index (χ0) is 39.1. The zero-order valence-electron chi connectivity index (χ0n) is 33.6. The van der Waals surface area contributed by atoms with Crippen molar-refractivity contribution < 1.29 is 23.4 Å². The van der Waals surface area contributed by atoms with Gasteiger partial charge in [-0.15, -0.1) is 5.54 Å². The first kappa shape index (κ1) is 37.7. The highest BCUT2D eigenvalue weighted by molar-refractivity contribution is 6.90. The van der Waals surface area contributed by atoms with E-state index in [1.165, 1.54) is 12.1 Å². The third kappa shape index (κ3) is 6.54. The van der Waals surface area contributed by atoms with Gasteiger partial charge in [-0.05, 0) is 78.4 Å². The molecular formula is C45H55F2N5O3Si. The number of rotatable bonds is 10. The Labute approximate surface area is 330 Å². The second-order valence-electron chi connectivity index (χ2n) is 18.4. The maximum Gasteiger partial charge on any atom is 0.319 e. The average molecular weight is 780 g/mol. The summed E-state index contributed by atoms with van der Waals surface area (Å²) in [4.78, 5) is 14.3. The molecule has 4 aromatic rings. The SMILES string of the molecule is CC(C)[Si](C#Cc1cccc2cc(O)cc(-c3c(F)cc4c(N5CC6CCC(C5)N6)nc(OCC5(CN6C[C@H]7C[C@@H]6CO7)CC5)nc4c3F)c12)(C(C)C)C(C)C. The molecule has 8 nitrogen and oxygen atoms in total. The van der Waals surface area contributed by atoms with Crippen molar-refractivity contribution in [3.8, 4) is 34.4 Å². The molecule has 5 heterocycles. The number of aromatic nitrogens is 2. The Morgan fingerprint density at radius 2 is 1.73 bits per heavy atom. The van der Waals surface area contributed by atoms with Gasteiger partial charge in [-0.3, -0.25) is 4.90 Å². The lowest BCUT2D eigenvalue weighted by Crippen LogP contribution is -2.51. The van der Waals surface area contributed by atoms with E-state index in [9.17, 15) is 5.11 Å². The van der Waals surface area contributed by atoms with Crippen molar-refractivity contribution in [2.24, 2.45) is 5.41 Å². The Morgan fingerprint density at radius 1 is 1.00 bits per heavy atom. The summed E-state index contributed by atoms with van der Waals surface area (Å²) in [6.45, 7) is 18.1. The first-order valence-corrected chi connectivity index (χ1v) is 23.1. The van der Waals surface area contributed by atoms with Crippen molar-refractivity contribution in [1.82, 2.24) is 20.2 Å². The molecule has 3 aromatic carbocycles. The van der Waals surface area contributed by atoms with E-state index < -0.39 is 19.7 Å². The van der Waals surface area contributed by atoms with Crippen LogP contribution in [-0.2, 0) is 4.74 Å². The Kier molecular flexibility index (Phi) is 9.59. The summed E-state index contributed by atoms with van der Waals surface area (Å²) < 4.78 is 46.6. The Balaban J connectivity index is 1.16. The lowest BCUT2D eigenvalue weighted by Gasteiger charge is -2.38. The molecule has 0 amide bonds. The summed E-state index contributed by atoms with van der Waals surface area (Å²) in [6, 6.07) is 11.3. The van der Waals surface area contributed by atoms with Crippen LogP contribution in [0.2, 0.25) is 16.6 Å². The first-order valence-electron chi connectivity index (χ1n) is 20.8. The summed E-state index contributed by atoms with van der Waals surface area (Å²) in [5.74, 6) is 2.42. The van der Waals surface area contributed by atoms with Gasteiger partial charge in [-0.1, -0.05) is 59.6 Å². The number of halogens is 2. The molecule has 296 valence electrons. The molecule has 11 heteroatoms. The van der Waals surface area contributed by atoms with Crippen molar-refractivity contribution in [3.63, 3.8) is 0 Å². The molecule has 1 saturated carbocycles. The first-order chi connectivity index (χ1) is 26.8. The summed E-state index contributed by atoms with van der Waals surface area (Å²) in [7, 11) is -2.14. The number of likely N-dealkylation sites (tertiary alicyclic amines) is 1. The molecule has 56 heavy (non-hydrogen) atoms. The molecular weight excluding hydrogens is 725 g/mol. The molecule has 4 aliphatic heterocycles. The van der Waals surface area contributed by atoms with Gasteiger partial charge in [0, 0.05) is 71.6 Å². The highest BCUT2D eigenvalue weighted by Crippen LogP contribution is 2.49. The zero-order valence-corrected chi connectivity index (χ0v) is 34.6. The number of hydrogen-bond donors (Lipinski definition) is 2. The van der Waals surface area contributed by atoms with Crippen LogP contribution in [0.4, 0.5) is 14.6 Å². The minimum absolute atomic E-state index is 0.00266. The summed E-state index contributed by atoms with van der Waals surface area (Å²) >= 11 is 0. The van der Waals surface area contributed by atoms with E-state index in [1.807, 2.05) is 18.2 Å². The topological polar surface area (TPSA) is 83.0 Å². The Hall–Kier alpha value is -3.82. The number of nitrogens with one attached hydrogen (secondary N) is 1. The number of benzene rings is 3. The highest BCUT2D eigenvalue weighted by atomic mass is 28.3. The maximum absolute atomic E-state index is 17.5. The molecule has 2 unspecified atom stereocenters. The predicted octanol–water partition coefficient (Wildman–Crippen LogP) is 8.58. The second kappa shape index (κ2) is 14.2. The van der Waals surface area contributed by atoms with Crippen LogP contribution in [0.5, 0.6) is 11.8 Å². The number of phenolic OH excluding ortho intramolecular Hbond substituents is 1. The summed E-state index contributed by atoms with van der Waals surface area (Å²) in [6.07, 6.45) is 5.64. The molecule has 0 spiro atoms. The van der Waals surface area contributed by atoms with Crippen molar-refractivity contribution in [2.75, 3.05) is 44.3 Å². The second-order valence-corrected chi connectivity index (χ2v) is 24.0. The van der Waals surface area contributed by atoms with E-state index in [0.29, 0.717) is 76.0 Å². The van der Waals surface area contributed by atoms with Crippen molar-refractivity contribution in [3.05, 3.63) is 53.6 Å². The molecule has 4 atom stereocenters. The molecule has 0 radical (unpaired) electrons. The third-order valence-electron chi connectivity index (χ3n) is 13.9. The lowest BCUT2D eigenvalue weighted by molar-refractivity contribution is 0.0176. The molecule has 5 aliphatic rings. The number of anilines is 1. The summed E-state index contributed by atoms with van der Waals surface area (Å²) in [5, 5.41) is 16.2. The number of ether oxygens (including phenoxy) is 2. The van der Waals surface area contributed by atoms with Gasteiger partial charge in [0.2, 0.25) is 0 Å². The van der Waals surface area contributed by atoms with Gasteiger partial charge in [-0.2, -0.15) is 9.97 Å². The number of fused-ring (bicyclic) bond motifs is 6. The van der Waals surface area contributed by atoms with Crippen LogP contribution in [0.3, 0.4) is 0 Å². The largest absolute Gasteiger partial charge is 0.508 e. The Bertz CT molecular complexity index is 2220. The highest BCUT2D eigenvalue weighted by Gasteiger charge is 2.49. The number of hydrogen-bond acceptors (Lipinski definition) is 8. The standard InChI is InChI=1S/C45H55F2N5O3Si/c1-26(2)56(27(3)4,28(5)6)15-12-29-8-7-9-30-16-34(53)18-36(39(29)30)40-38(46)19-37-42(41(40)47)49-44(50-43(37)51-20-31-10-11-32(21-51)48-31)55-25-45(13-14-45)24-52-22-35-17-33(52)23-54-35/h7-9,16,18-19,26-28,31-33,35,48,53H,10-11,13-14,17,20-25H2,1-6H3/t31?,32?,33-,35-/m1/s1. The fourth-order valence-electron chi connectivity index (χ4n) is 10.9.